The molecule has 1 aromatic heterocycles. The van der Waals surface area contributed by atoms with E-state index < -0.39 is 5.97 Å². The average molecular weight is 303 g/mol. The van der Waals surface area contributed by atoms with Gasteiger partial charge in [-0.25, -0.2) is 9.78 Å². The lowest BCUT2D eigenvalue weighted by Crippen LogP contribution is -2.04. The van der Waals surface area contributed by atoms with Gasteiger partial charge in [-0.05, 0) is 18.6 Å². The van der Waals surface area contributed by atoms with Crippen molar-refractivity contribution < 1.29 is 14.6 Å². The molecule has 0 bridgehead atoms. The van der Waals surface area contributed by atoms with E-state index in [-0.39, 0.29) is 5.56 Å². The molecule has 0 fully saturated rings. The van der Waals surface area contributed by atoms with E-state index in [1.54, 1.807) is 36.7 Å². The molecule has 0 saturated carbocycles. The van der Waals surface area contributed by atoms with Crippen LogP contribution in [-0.4, -0.2) is 27.7 Å². The van der Waals surface area contributed by atoms with Gasteiger partial charge in [0.05, 0.1) is 12.8 Å². The zero-order chi connectivity index (χ0) is 16.2. The number of anilines is 1. The van der Waals surface area contributed by atoms with Gasteiger partial charge in [-0.3, -0.25) is 4.98 Å². The van der Waals surface area contributed by atoms with E-state index in [0.29, 0.717) is 18.2 Å². The van der Waals surface area contributed by atoms with E-state index in [0.717, 1.165) is 19.3 Å². The van der Waals surface area contributed by atoms with Gasteiger partial charge < -0.3 is 15.6 Å². The Labute approximate surface area is 130 Å². The molecule has 1 aromatic carbocycles. The second kappa shape index (κ2) is 10.1. The summed E-state index contributed by atoms with van der Waals surface area (Å²) in [4.78, 5) is 18.2. The number of aromatic nitrogens is 2. The minimum absolute atomic E-state index is 0.231. The first-order valence-electron chi connectivity index (χ1n) is 7.11. The molecule has 0 spiro atoms. The number of benzene rings is 1. The molecule has 1 heterocycles. The standard InChI is InChI=1S/C12H16O3.C4H5N3/c1-2-3-6-9-15-11-8-5-4-7-10(11)12(13)14;5-4-3-6-1-2-7-4/h4-5,7-8H,2-3,6,9H2,1H3,(H,13,14);1-3H,(H2,5,7). The number of carboxylic acids is 1. The van der Waals surface area contributed by atoms with Crippen LogP contribution in [0.2, 0.25) is 0 Å². The average Bonchev–Trinajstić information content (AvgIpc) is 2.53. The van der Waals surface area contributed by atoms with Crippen LogP contribution in [0.15, 0.2) is 42.9 Å². The van der Waals surface area contributed by atoms with Crippen molar-refractivity contribution >= 4 is 11.8 Å². The number of hydrogen-bond donors (Lipinski definition) is 2. The van der Waals surface area contributed by atoms with Crippen LogP contribution in [0.25, 0.3) is 0 Å². The van der Waals surface area contributed by atoms with Gasteiger partial charge in [0.25, 0.3) is 0 Å². The van der Waals surface area contributed by atoms with Gasteiger partial charge in [-0.2, -0.15) is 0 Å². The largest absolute Gasteiger partial charge is 0.493 e. The molecule has 0 saturated heterocycles. The molecular weight excluding hydrogens is 282 g/mol. The van der Waals surface area contributed by atoms with Gasteiger partial charge in [0.2, 0.25) is 0 Å². The fourth-order valence-corrected chi connectivity index (χ4v) is 1.61. The monoisotopic (exact) mass is 303 g/mol. The Balaban J connectivity index is 0.000000287. The quantitative estimate of drug-likeness (QED) is 0.796. The van der Waals surface area contributed by atoms with Crippen LogP contribution in [0.1, 0.15) is 36.5 Å². The number of para-hydroxylation sites is 1. The minimum atomic E-state index is -0.943. The first-order valence-corrected chi connectivity index (χ1v) is 7.11. The number of carbonyl (C=O) groups is 1. The summed E-state index contributed by atoms with van der Waals surface area (Å²) in [7, 11) is 0. The summed E-state index contributed by atoms with van der Waals surface area (Å²) in [6.45, 7) is 2.70. The predicted octanol–water partition coefficient (Wildman–Crippen LogP) is 3.01. The van der Waals surface area contributed by atoms with E-state index in [9.17, 15) is 4.79 Å². The van der Waals surface area contributed by atoms with Gasteiger partial charge in [-0.1, -0.05) is 31.9 Å². The number of carboxylic acid groups (broad SMARTS) is 1. The second-order valence-electron chi connectivity index (χ2n) is 4.49. The number of ether oxygens (including phenoxy) is 1. The molecule has 0 aliphatic heterocycles. The molecule has 0 atom stereocenters. The van der Waals surface area contributed by atoms with Crippen molar-refractivity contribution in [2.75, 3.05) is 12.3 Å². The summed E-state index contributed by atoms with van der Waals surface area (Å²) in [5, 5.41) is 8.89. The van der Waals surface area contributed by atoms with Crippen molar-refractivity contribution in [1.82, 2.24) is 9.97 Å². The third kappa shape index (κ3) is 6.69. The first-order chi connectivity index (χ1) is 10.6. The molecule has 2 aromatic rings. The number of nitrogen functional groups attached to an aromatic ring is 1. The fraction of sp³-hybridized carbons (Fsp3) is 0.312. The van der Waals surface area contributed by atoms with Crippen molar-refractivity contribution in [3.8, 4) is 5.75 Å². The normalized spacial score (nSPS) is 9.50. The van der Waals surface area contributed by atoms with Crippen molar-refractivity contribution in [2.45, 2.75) is 26.2 Å². The molecular formula is C16H21N3O3. The van der Waals surface area contributed by atoms with Crippen molar-refractivity contribution in [2.24, 2.45) is 0 Å². The molecule has 22 heavy (non-hydrogen) atoms. The van der Waals surface area contributed by atoms with E-state index in [4.69, 9.17) is 15.6 Å². The second-order valence-corrected chi connectivity index (χ2v) is 4.49. The topological polar surface area (TPSA) is 98.3 Å². The van der Waals surface area contributed by atoms with Crippen molar-refractivity contribution in [1.29, 1.82) is 0 Å². The van der Waals surface area contributed by atoms with Crippen LogP contribution in [0.5, 0.6) is 5.75 Å². The maximum Gasteiger partial charge on any atom is 0.339 e. The molecule has 2 rings (SSSR count). The number of nitrogens with zero attached hydrogens (tertiary/aromatic N) is 2. The Bertz CT molecular complexity index is 562. The van der Waals surface area contributed by atoms with E-state index in [2.05, 4.69) is 16.9 Å². The van der Waals surface area contributed by atoms with Crippen LogP contribution in [0, 0.1) is 0 Å². The summed E-state index contributed by atoms with van der Waals surface area (Å²) >= 11 is 0. The van der Waals surface area contributed by atoms with Gasteiger partial charge in [0.1, 0.15) is 17.1 Å². The van der Waals surface area contributed by atoms with E-state index >= 15 is 0 Å². The summed E-state index contributed by atoms with van der Waals surface area (Å²) < 4.78 is 5.42. The summed E-state index contributed by atoms with van der Waals surface area (Å²) in [6.07, 6.45) is 7.83. The van der Waals surface area contributed by atoms with Gasteiger partial charge in [0, 0.05) is 12.4 Å². The van der Waals surface area contributed by atoms with E-state index in [1.165, 1.54) is 6.20 Å². The molecule has 0 aliphatic rings. The molecule has 0 amide bonds. The predicted molar refractivity (Wildman–Crippen MR) is 84.9 cm³/mol. The first kappa shape index (κ1) is 17.4. The smallest absolute Gasteiger partial charge is 0.339 e. The van der Waals surface area contributed by atoms with Gasteiger partial charge in [-0.15, -0.1) is 0 Å². The number of unbranched alkanes of at least 4 members (excludes halogenated alkanes) is 2. The lowest BCUT2D eigenvalue weighted by molar-refractivity contribution is 0.0692. The Morgan fingerprint density at radius 1 is 1.27 bits per heavy atom. The highest BCUT2D eigenvalue weighted by Gasteiger charge is 2.09. The molecule has 0 radical (unpaired) electrons. The lowest BCUT2D eigenvalue weighted by atomic mass is 10.2. The Morgan fingerprint density at radius 2 is 2.05 bits per heavy atom. The van der Waals surface area contributed by atoms with Crippen LogP contribution >= 0.6 is 0 Å². The number of aromatic carboxylic acids is 1. The van der Waals surface area contributed by atoms with Gasteiger partial charge in [0.15, 0.2) is 0 Å². The lowest BCUT2D eigenvalue weighted by Gasteiger charge is -2.08. The molecule has 6 heteroatoms. The SMILES string of the molecule is CCCCCOc1ccccc1C(=O)O.Nc1cnccn1. The van der Waals surface area contributed by atoms with E-state index in [1.807, 2.05) is 0 Å². The minimum Gasteiger partial charge on any atom is -0.493 e. The van der Waals surface area contributed by atoms with Crippen molar-refractivity contribution in [3.63, 3.8) is 0 Å². The highest BCUT2D eigenvalue weighted by molar-refractivity contribution is 5.90. The van der Waals surface area contributed by atoms with Crippen molar-refractivity contribution in [3.05, 3.63) is 48.4 Å². The fourth-order valence-electron chi connectivity index (χ4n) is 1.61. The Hall–Kier alpha value is -2.63. The third-order valence-corrected chi connectivity index (χ3v) is 2.71. The summed E-state index contributed by atoms with van der Waals surface area (Å²) in [5.74, 6) is -0.0234. The summed E-state index contributed by atoms with van der Waals surface area (Å²) in [5.41, 5.74) is 5.41. The molecule has 118 valence electrons. The number of rotatable bonds is 6. The molecule has 3 N–H and O–H groups in total. The summed E-state index contributed by atoms with van der Waals surface area (Å²) in [6, 6.07) is 6.72. The molecule has 6 nitrogen and oxygen atoms in total. The Morgan fingerprint density at radius 3 is 2.59 bits per heavy atom. The maximum absolute atomic E-state index is 10.8. The van der Waals surface area contributed by atoms with Gasteiger partial charge >= 0.3 is 5.97 Å². The molecule has 0 aliphatic carbocycles. The zero-order valence-electron chi connectivity index (χ0n) is 12.6. The highest BCUT2D eigenvalue weighted by atomic mass is 16.5. The maximum atomic E-state index is 10.8. The zero-order valence-corrected chi connectivity index (χ0v) is 12.6. The molecule has 0 unspecified atom stereocenters. The van der Waals surface area contributed by atoms with Crippen LogP contribution < -0.4 is 10.5 Å². The van der Waals surface area contributed by atoms with Crippen LogP contribution in [-0.2, 0) is 0 Å². The number of hydrogen-bond acceptors (Lipinski definition) is 5. The Kier molecular flexibility index (Phi) is 8.04. The highest BCUT2D eigenvalue weighted by Crippen LogP contribution is 2.18. The van der Waals surface area contributed by atoms with Crippen LogP contribution in [0.3, 0.4) is 0 Å². The van der Waals surface area contributed by atoms with Crippen LogP contribution in [0.4, 0.5) is 5.82 Å². The third-order valence-electron chi connectivity index (χ3n) is 2.71. The number of nitrogens with two attached hydrogens (primary N) is 1.